The number of nitrogens with zero attached hydrogens (tertiary/aromatic N) is 6. The van der Waals surface area contributed by atoms with E-state index in [0.29, 0.717) is 19.2 Å². The van der Waals surface area contributed by atoms with Crippen LogP contribution in [-0.2, 0) is 16.0 Å². The molecule has 3 aliphatic rings. The van der Waals surface area contributed by atoms with E-state index in [1.807, 2.05) is 0 Å². The molecule has 0 radical (unpaired) electrons. The van der Waals surface area contributed by atoms with E-state index in [2.05, 4.69) is 25.1 Å². The van der Waals surface area contributed by atoms with Gasteiger partial charge in [0.2, 0.25) is 17.8 Å². The first kappa shape index (κ1) is 19.0. The van der Waals surface area contributed by atoms with Crippen molar-refractivity contribution in [3.05, 3.63) is 18.0 Å². The first-order valence-corrected chi connectivity index (χ1v) is 10.5. The van der Waals surface area contributed by atoms with Gasteiger partial charge in [-0.05, 0) is 19.3 Å². The van der Waals surface area contributed by atoms with Gasteiger partial charge in [0.25, 0.3) is 0 Å². The van der Waals surface area contributed by atoms with Crippen LogP contribution in [0.2, 0.25) is 0 Å². The lowest BCUT2D eigenvalue weighted by Crippen LogP contribution is -2.58. The number of fused-ring (bicyclic) bond motifs is 1. The Morgan fingerprint density at radius 3 is 2.60 bits per heavy atom. The fourth-order valence-electron chi connectivity index (χ4n) is 4.48. The Kier molecular flexibility index (Phi) is 4.86. The van der Waals surface area contributed by atoms with Crippen molar-refractivity contribution in [2.24, 2.45) is 0 Å². The van der Waals surface area contributed by atoms with E-state index in [-0.39, 0.29) is 23.9 Å². The quantitative estimate of drug-likeness (QED) is 0.736. The average Bonchev–Trinajstić information content (AvgIpc) is 3.15. The minimum Gasteiger partial charge on any atom is -0.378 e. The van der Waals surface area contributed by atoms with Crippen molar-refractivity contribution in [1.29, 1.82) is 0 Å². The molecule has 2 aromatic heterocycles. The largest absolute Gasteiger partial charge is 0.378 e. The Bertz CT molecular complexity index is 945. The predicted molar refractivity (Wildman–Crippen MR) is 112 cm³/mol. The van der Waals surface area contributed by atoms with Crippen LogP contribution in [0.1, 0.15) is 25.3 Å². The molecule has 2 fully saturated rings. The van der Waals surface area contributed by atoms with Gasteiger partial charge in [-0.2, -0.15) is 4.98 Å². The third-order valence-electron chi connectivity index (χ3n) is 6.11. The summed E-state index contributed by atoms with van der Waals surface area (Å²) in [4.78, 5) is 34.3. The summed E-state index contributed by atoms with van der Waals surface area (Å²) in [6, 6.07) is 0.427. The van der Waals surface area contributed by atoms with Gasteiger partial charge in [0.05, 0.1) is 24.9 Å². The topological polar surface area (TPSA) is 122 Å². The van der Waals surface area contributed by atoms with Gasteiger partial charge in [-0.3, -0.25) is 4.79 Å². The number of nitrogen functional groups attached to an aromatic ring is 1. The molecule has 158 valence electrons. The molecule has 3 N–H and O–H groups in total. The highest BCUT2D eigenvalue weighted by molar-refractivity contribution is 5.75. The van der Waals surface area contributed by atoms with Crippen LogP contribution in [0.3, 0.4) is 0 Å². The van der Waals surface area contributed by atoms with Crippen LogP contribution in [0.5, 0.6) is 0 Å². The zero-order valence-corrected chi connectivity index (χ0v) is 17.0. The Hall–Kier alpha value is -3.01. The maximum atomic E-state index is 11.6. The van der Waals surface area contributed by atoms with Crippen LogP contribution in [0.15, 0.2) is 12.4 Å². The van der Waals surface area contributed by atoms with Crippen LogP contribution in [-0.4, -0.2) is 70.8 Å². The highest BCUT2D eigenvalue weighted by Crippen LogP contribution is 2.40. The van der Waals surface area contributed by atoms with E-state index in [1.54, 1.807) is 19.3 Å². The van der Waals surface area contributed by atoms with E-state index in [1.165, 1.54) is 0 Å². The molecule has 1 amide bonds. The molecule has 1 aliphatic carbocycles. The summed E-state index contributed by atoms with van der Waals surface area (Å²) in [6.07, 6.45) is 6.33. The van der Waals surface area contributed by atoms with E-state index in [9.17, 15) is 4.79 Å². The summed E-state index contributed by atoms with van der Waals surface area (Å²) in [5, 5.41) is 3.08. The molecule has 0 bridgehead atoms. The van der Waals surface area contributed by atoms with Gasteiger partial charge in [-0.25, -0.2) is 15.0 Å². The Morgan fingerprint density at radius 1 is 1.17 bits per heavy atom. The lowest BCUT2D eigenvalue weighted by atomic mass is 9.85. The van der Waals surface area contributed by atoms with Crippen molar-refractivity contribution in [3.63, 3.8) is 0 Å². The molecule has 4 heterocycles. The van der Waals surface area contributed by atoms with Gasteiger partial charge in [0.15, 0.2) is 0 Å². The van der Waals surface area contributed by atoms with Crippen LogP contribution in [0.25, 0.3) is 11.3 Å². The number of nitrogens with two attached hydrogens (primary N) is 1. The number of aromatic nitrogens is 4. The first-order valence-electron chi connectivity index (χ1n) is 10.5. The smallest absolute Gasteiger partial charge is 0.228 e. The number of anilines is 3. The second kappa shape index (κ2) is 7.67. The predicted octanol–water partition coefficient (Wildman–Crippen LogP) is 0.382. The molecule has 30 heavy (non-hydrogen) atoms. The molecule has 0 spiro atoms. The van der Waals surface area contributed by atoms with Gasteiger partial charge >= 0.3 is 0 Å². The number of carbonyl (C=O) groups excluding carboxylic acids is 1. The monoisotopic (exact) mass is 410 g/mol. The van der Waals surface area contributed by atoms with Gasteiger partial charge in [-0.1, -0.05) is 0 Å². The third-order valence-corrected chi connectivity index (χ3v) is 6.11. The van der Waals surface area contributed by atoms with Gasteiger partial charge < -0.3 is 25.6 Å². The molecule has 10 nitrogen and oxygen atoms in total. The standard InChI is InChI=1S/C20H26N8O2/c1-12(29)24-15-2-3-16(15)28-5-4-14-17(13-10-22-19(21)23-11-13)25-20(26-18(14)28)27-6-8-30-9-7-27/h10-11,15-16H,2-9H2,1H3,(H,24,29)(H2,21,22,23)/t15-,16-/m1/s1. The maximum absolute atomic E-state index is 11.6. The number of hydrogen-bond acceptors (Lipinski definition) is 9. The molecular formula is C20H26N8O2. The van der Waals surface area contributed by atoms with E-state index >= 15 is 0 Å². The number of rotatable bonds is 4. The third kappa shape index (κ3) is 3.41. The summed E-state index contributed by atoms with van der Waals surface area (Å²) in [5.74, 6) is 1.91. The zero-order valence-electron chi connectivity index (χ0n) is 17.0. The van der Waals surface area contributed by atoms with Crippen molar-refractivity contribution < 1.29 is 9.53 Å². The first-order chi connectivity index (χ1) is 14.6. The Balaban J connectivity index is 1.54. The SMILES string of the molecule is CC(=O)N[C@@H]1CC[C@H]1N1CCc2c(-c3cnc(N)nc3)nc(N3CCOCC3)nc21. The second-order valence-corrected chi connectivity index (χ2v) is 8.00. The number of morpholine rings is 1. The number of amides is 1. The van der Waals surface area contributed by atoms with Crippen LogP contribution < -0.4 is 20.9 Å². The molecule has 5 rings (SSSR count). The molecule has 10 heteroatoms. The second-order valence-electron chi connectivity index (χ2n) is 8.00. The Morgan fingerprint density at radius 2 is 1.93 bits per heavy atom. The van der Waals surface area contributed by atoms with Crippen LogP contribution in [0, 0.1) is 0 Å². The Labute approximate surface area is 174 Å². The number of ether oxygens (including phenoxy) is 1. The van der Waals surface area contributed by atoms with E-state index in [0.717, 1.165) is 61.5 Å². The van der Waals surface area contributed by atoms with Crippen LogP contribution in [0.4, 0.5) is 17.7 Å². The van der Waals surface area contributed by atoms with E-state index in [4.69, 9.17) is 20.4 Å². The molecule has 1 saturated carbocycles. The fraction of sp³-hybridized carbons (Fsp3) is 0.550. The van der Waals surface area contributed by atoms with Crippen molar-refractivity contribution in [2.75, 3.05) is 48.4 Å². The minimum absolute atomic E-state index is 0.0144. The summed E-state index contributed by atoms with van der Waals surface area (Å²) in [6.45, 7) is 5.28. The van der Waals surface area contributed by atoms with Crippen molar-refractivity contribution in [1.82, 2.24) is 25.3 Å². The normalized spacial score (nSPS) is 23.1. The lowest BCUT2D eigenvalue weighted by Gasteiger charge is -2.43. The summed E-state index contributed by atoms with van der Waals surface area (Å²) in [7, 11) is 0. The molecule has 2 aliphatic heterocycles. The van der Waals surface area contributed by atoms with E-state index < -0.39 is 0 Å². The highest BCUT2D eigenvalue weighted by Gasteiger charge is 2.40. The summed E-state index contributed by atoms with van der Waals surface area (Å²) < 4.78 is 5.50. The lowest BCUT2D eigenvalue weighted by molar-refractivity contribution is -0.120. The summed E-state index contributed by atoms with van der Waals surface area (Å²) in [5.41, 5.74) is 8.49. The number of carbonyl (C=O) groups is 1. The van der Waals surface area contributed by atoms with Crippen molar-refractivity contribution >= 4 is 23.6 Å². The van der Waals surface area contributed by atoms with Gasteiger partial charge in [0, 0.05) is 56.1 Å². The number of hydrogen-bond donors (Lipinski definition) is 2. The van der Waals surface area contributed by atoms with Gasteiger partial charge in [-0.15, -0.1) is 0 Å². The molecule has 1 saturated heterocycles. The fourth-order valence-corrected chi connectivity index (χ4v) is 4.48. The van der Waals surface area contributed by atoms with Crippen LogP contribution >= 0.6 is 0 Å². The van der Waals surface area contributed by atoms with Crippen molar-refractivity contribution in [3.8, 4) is 11.3 Å². The molecular weight excluding hydrogens is 384 g/mol. The average molecular weight is 410 g/mol. The highest BCUT2D eigenvalue weighted by atomic mass is 16.5. The molecule has 2 atom stereocenters. The minimum atomic E-state index is 0.0144. The number of nitrogens with one attached hydrogen (secondary N) is 1. The molecule has 0 aromatic carbocycles. The van der Waals surface area contributed by atoms with Crippen molar-refractivity contribution in [2.45, 2.75) is 38.3 Å². The molecule has 0 unspecified atom stereocenters. The molecule has 2 aromatic rings. The van der Waals surface area contributed by atoms with Gasteiger partial charge in [0.1, 0.15) is 5.82 Å². The maximum Gasteiger partial charge on any atom is 0.228 e. The summed E-state index contributed by atoms with van der Waals surface area (Å²) >= 11 is 0. The zero-order chi connectivity index (χ0) is 20.7.